The fourth-order valence-electron chi connectivity index (χ4n) is 3.19. The predicted molar refractivity (Wildman–Crippen MR) is 121 cm³/mol. The molecule has 0 fully saturated rings. The second kappa shape index (κ2) is 8.69. The number of carbonyl (C=O) groups excluding carboxylic acids is 1. The number of hydrogen-bond donors (Lipinski definition) is 1. The van der Waals surface area contributed by atoms with Crippen LogP contribution >= 0.6 is 0 Å². The summed E-state index contributed by atoms with van der Waals surface area (Å²) < 4.78 is 5.65. The SMILES string of the molecule is C[C@@H](CO)C1=CC(C#C[Si](C)(C)C)N(C(=O)Oc2ccccc2)c2ccccc21. The van der Waals surface area contributed by atoms with Crippen LogP contribution in [0.4, 0.5) is 10.5 Å². The average Bonchev–Trinajstić information content (AvgIpc) is 2.70. The number of aliphatic hydroxyl groups excluding tert-OH is 1. The van der Waals surface area contributed by atoms with E-state index in [1.165, 1.54) is 0 Å². The molecule has 29 heavy (non-hydrogen) atoms. The fraction of sp³-hybridized carbons (Fsp3) is 0.292. The summed E-state index contributed by atoms with van der Waals surface area (Å²) in [5, 5.41) is 9.75. The van der Waals surface area contributed by atoms with E-state index < -0.39 is 20.2 Å². The first-order valence-corrected chi connectivity index (χ1v) is 13.3. The molecule has 5 heteroatoms. The number of nitrogens with zero attached hydrogens (tertiary/aromatic N) is 1. The number of aliphatic hydroxyl groups is 1. The number of rotatable bonds is 3. The van der Waals surface area contributed by atoms with Crippen LogP contribution in [0.5, 0.6) is 5.75 Å². The first kappa shape index (κ1) is 20.9. The molecule has 0 aliphatic carbocycles. The van der Waals surface area contributed by atoms with Crippen LogP contribution < -0.4 is 9.64 Å². The van der Waals surface area contributed by atoms with E-state index >= 15 is 0 Å². The minimum atomic E-state index is -1.65. The van der Waals surface area contributed by atoms with Gasteiger partial charge in [0.25, 0.3) is 0 Å². The summed E-state index contributed by atoms with van der Waals surface area (Å²) in [6, 6.07) is 16.3. The number of carbonyl (C=O) groups is 1. The summed E-state index contributed by atoms with van der Waals surface area (Å²) in [5.41, 5.74) is 6.06. The van der Waals surface area contributed by atoms with Crippen molar-refractivity contribution in [3.8, 4) is 17.2 Å². The minimum Gasteiger partial charge on any atom is -0.410 e. The van der Waals surface area contributed by atoms with Crippen molar-refractivity contribution in [2.24, 2.45) is 5.92 Å². The van der Waals surface area contributed by atoms with Gasteiger partial charge in [-0.05, 0) is 29.8 Å². The van der Waals surface area contributed by atoms with Crippen LogP contribution in [-0.4, -0.2) is 31.9 Å². The fourth-order valence-corrected chi connectivity index (χ4v) is 3.77. The van der Waals surface area contributed by atoms with Crippen molar-refractivity contribution >= 4 is 25.4 Å². The molecule has 3 rings (SSSR count). The Kier molecular flexibility index (Phi) is 6.26. The predicted octanol–water partition coefficient (Wildman–Crippen LogP) is 4.97. The van der Waals surface area contributed by atoms with Gasteiger partial charge in [-0.3, -0.25) is 4.90 Å². The van der Waals surface area contributed by atoms with Gasteiger partial charge < -0.3 is 9.84 Å². The molecule has 1 N–H and O–H groups in total. The average molecular weight is 406 g/mol. The summed E-state index contributed by atoms with van der Waals surface area (Å²) in [4.78, 5) is 14.8. The van der Waals surface area contributed by atoms with E-state index in [1.54, 1.807) is 17.0 Å². The highest BCUT2D eigenvalue weighted by Gasteiger charge is 2.33. The van der Waals surface area contributed by atoms with Gasteiger partial charge in [0.1, 0.15) is 19.9 Å². The standard InChI is InChI=1S/C24H27NO3Si/c1-18(17-26)22-16-19(14-15-29(2,3)4)25(23-13-9-8-12-21(22)23)24(27)28-20-10-6-5-7-11-20/h5-13,16,18-19,26H,17H2,1-4H3/t18-,19?/m0/s1. The third-order valence-corrected chi connectivity index (χ3v) is 5.53. The van der Waals surface area contributed by atoms with Crippen LogP contribution in [-0.2, 0) is 0 Å². The molecule has 1 amide bonds. The smallest absolute Gasteiger partial charge is 0.410 e. The molecule has 0 saturated carbocycles. The quantitative estimate of drug-likeness (QED) is 0.580. The Labute approximate surface area is 173 Å². The van der Waals surface area contributed by atoms with E-state index in [0.717, 1.165) is 16.8 Å². The van der Waals surface area contributed by atoms with Crippen molar-refractivity contribution in [3.05, 3.63) is 66.2 Å². The maximum absolute atomic E-state index is 13.2. The molecular weight excluding hydrogens is 378 g/mol. The lowest BCUT2D eigenvalue weighted by atomic mass is 9.88. The largest absolute Gasteiger partial charge is 0.421 e. The Morgan fingerprint density at radius 3 is 2.45 bits per heavy atom. The number of amides is 1. The third-order valence-electron chi connectivity index (χ3n) is 4.64. The van der Waals surface area contributed by atoms with Gasteiger partial charge >= 0.3 is 6.09 Å². The van der Waals surface area contributed by atoms with Crippen molar-refractivity contribution < 1.29 is 14.6 Å². The van der Waals surface area contributed by atoms with Gasteiger partial charge in [0, 0.05) is 18.1 Å². The van der Waals surface area contributed by atoms with E-state index in [4.69, 9.17) is 4.74 Å². The van der Waals surface area contributed by atoms with E-state index in [1.807, 2.05) is 55.5 Å². The summed E-state index contributed by atoms with van der Waals surface area (Å²) >= 11 is 0. The molecule has 0 aromatic heterocycles. The van der Waals surface area contributed by atoms with Gasteiger partial charge in [-0.2, -0.15) is 0 Å². The molecule has 2 atom stereocenters. The number of ether oxygens (including phenoxy) is 1. The number of fused-ring (bicyclic) bond motifs is 1. The van der Waals surface area contributed by atoms with Crippen LogP contribution in [0, 0.1) is 17.4 Å². The van der Waals surface area contributed by atoms with E-state index in [0.29, 0.717) is 5.75 Å². The molecule has 0 saturated heterocycles. The number of benzene rings is 2. The summed E-state index contributed by atoms with van der Waals surface area (Å²) in [5.74, 6) is 3.74. The molecule has 1 unspecified atom stereocenters. The van der Waals surface area contributed by atoms with E-state index in [2.05, 4.69) is 31.1 Å². The molecule has 0 spiro atoms. The van der Waals surface area contributed by atoms with Gasteiger partial charge in [-0.25, -0.2) is 4.79 Å². The van der Waals surface area contributed by atoms with E-state index in [-0.39, 0.29) is 12.5 Å². The Hall–Kier alpha value is -2.81. The van der Waals surface area contributed by atoms with E-state index in [9.17, 15) is 9.90 Å². The van der Waals surface area contributed by atoms with Crippen molar-refractivity contribution in [1.29, 1.82) is 0 Å². The van der Waals surface area contributed by atoms with Crippen molar-refractivity contribution in [2.45, 2.75) is 32.6 Å². The zero-order valence-corrected chi connectivity index (χ0v) is 18.3. The maximum atomic E-state index is 13.2. The van der Waals surface area contributed by atoms with Gasteiger partial charge in [-0.1, -0.05) is 68.9 Å². The highest BCUT2D eigenvalue weighted by Crippen LogP contribution is 2.38. The third kappa shape index (κ3) is 4.97. The Morgan fingerprint density at radius 2 is 1.79 bits per heavy atom. The molecule has 1 heterocycles. The summed E-state index contributed by atoms with van der Waals surface area (Å²) in [6.45, 7) is 8.52. The van der Waals surface area contributed by atoms with Crippen molar-refractivity contribution in [3.63, 3.8) is 0 Å². The summed E-state index contributed by atoms with van der Waals surface area (Å²) in [7, 11) is -1.65. The van der Waals surface area contributed by atoms with Gasteiger partial charge in [0.2, 0.25) is 0 Å². The second-order valence-electron chi connectivity index (χ2n) is 8.24. The molecule has 0 radical (unpaired) electrons. The van der Waals surface area contributed by atoms with Crippen LogP contribution in [0.2, 0.25) is 19.6 Å². The van der Waals surface area contributed by atoms with Crippen LogP contribution in [0.1, 0.15) is 12.5 Å². The summed E-state index contributed by atoms with van der Waals surface area (Å²) in [6.07, 6.45) is 1.52. The van der Waals surface area contributed by atoms with Crippen molar-refractivity contribution in [1.82, 2.24) is 0 Å². The highest BCUT2D eigenvalue weighted by atomic mass is 28.3. The molecule has 1 aliphatic heterocycles. The second-order valence-corrected chi connectivity index (χ2v) is 13.0. The zero-order chi connectivity index (χ0) is 21.0. The molecular formula is C24H27NO3Si. The molecule has 1 aliphatic rings. The normalized spacial score (nSPS) is 16.8. The van der Waals surface area contributed by atoms with Crippen LogP contribution in [0.15, 0.2) is 60.7 Å². The number of para-hydroxylation sites is 2. The molecule has 150 valence electrons. The first-order chi connectivity index (χ1) is 13.8. The Balaban J connectivity index is 2.08. The van der Waals surface area contributed by atoms with Crippen LogP contribution in [0.3, 0.4) is 0 Å². The highest BCUT2D eigenvalue weighted by molar-refractivity contribution is 6.83. The topological polar surface area (TPSA) is 49.8 Å². The Morgan fingerprint density at radius 1 is 1.14 bits per heavy atom. The van der Waals surface area contributed by atoms with Gasteiger partial charge in [-0.15, -0.1) is 5.54 Å². The van der Waals surface area contributed by atoms with Gasteiger partial charge in [0.05, 0.1) is 5.69 Å². The molecule has 2 aromatic carbocycles. The molecule has 4 nitrogen and oxygen atoms in total. The number of anilines is 1. The monoisotopic (exact) mass is 405 g/mol. The Bertz CT molecular complexity index is 967. The zero-order valence-electron chi connectivity index (χ0n) is 17.3. The lowest BCUT2D eigenvalue weighted by molar-refractivity contribution is 0.207. The molecule has 0 bridgehead atoms. The molecule has 2 aromatic rings. The van der Waals surface area contributed by atoms with Gasteiger partial charge in [0.15, 0.2) is 0 Å². The minimum absolute atomic E-state index is 0.0306. The first-order valence-electron chi connectivity index (χ1n) is 9.81. The maximum Gasteiger partial charge on any atom is 0.421 e. The van der Waals surface area contributed by atoms with Crippen LogP contribution in [0.25, 0.3) is 5.57 Å². The van der Waals surface area contributed by atoms with Crippen molar-refractivity contribution in [2.75, 3.05) is 11.5 Å². The number of hydrogen-bond acceptors (Lipinski definition) is 3. The lowest BCUT2D eigenvalue weighted by Gasteiger charge is -2.34. The lowest BCUT2D eigenvalue weighted by Crippen LogP contribution is -2.43.